The molecule has 0 saturated heterocycles. The molecule has 0 radical (unpaired) electrons. The summed E-state index contributed by atoms with van der Waals surface area (Å²) in [6.07, 6.45) is 0. The molecule has 0 heterocycles. The number of hydrogen-bond acceptors (Lipinski definition) is 2. The van der Waals surface area contributed by atoms with Crippen LogP contribution in [0, 0.1) is 13.8 Å². The van der Waals surface area contributed by atoms with Crippen molar-refractivity contribution < 1.29 is 10.2 Å². The molecule has 0 atom stereocenters. The van der Waals surface area contributed by atoms with E-state index in [1.807, 2.05) is 38.1 Å². The molecule has 0 unspecified atom stereocenters. The molecular weight excluding hydrogens is 279 g/mol. The molecule has 2 N–H and O–H groups in total. The van der Waals surface area contributed by atoms with Crippen molar-refractivity contribution in [3.8, 4) is 11.5 Å². The number of phenols is 2. The molecule has 0 aliphatic heterocycles. The first-order valence-electron chi connectivity index (χ1n) is 7.09. The summed E-state index contributed by atoms with van der Waals surface area (Å²) in [5, 5.41) is 22.5. The van der Waals surface area contributed by atoms with Crippen molar-refractivity contribution in [3.63, 3.8) is 0 Å². The molecular formula is C18H23O2P. The molecule has 2 aromatic carbocycles. The summed E-state index contributed by atoms with van der Waals surface area (Å²) in [5.41, 5.74) is 2.07. The van der Waals surface area contributed by atoms with Crippen molar-refractivity contribution in [2.75, 3.05) is 0 Å². The van der Waals surface area contributed by atoms with Crippen molar-refractivity contribution in [2.45, 2.75) is 39.8 Å². The highest BCUT2D eigenvalue weighted by Crippen LogP contribution is 2.51. The molecule has 0 saturated carbocycles. The average Bonchev–Trinajstić information content (AvgIpc) is 2.33. The van der Waals surface area contributed by atoms with E-state index in [4.69, 9.17) is 0 Å². The Morgan fingerprint density at radius 3 is 1.43 bits per heavy atom. The number of hydrogen-bond donors (Lipinski definition) is 2. The standard InChI is InChI=1S/C18H23O2P/c1-12-6-8-16(14(19)10-12)21(18(3,4)5)17-9-7-13(2)11-15(17)20/h6-11,19-20H,1-5H3. The second-order valence-electron chi connectivity index (χ2n) is 6.49. The largest absolute Gasteiger partial charge is 0.507 e. The molecule has 2 nitrogen and oxygen atoms in total. The molecule has 2 rings (SSSR count). The van der Waals surface area contributed by atoms with Crippen molar-refractivity contribution in [2.24, 2.45) is 0 Å². The van der Waals surface area contributed by atoms with Crippen LogP contribution in [0.3, 0.4) is 0 Å². The van der Waals surface area contributed by atoms with Crippen molar-refractivity contribution >= 4 is 18.5 Å². The number of rotatable bonds is 2. The molecule has 0 aromatic heterocycles. The Morgan fingerprint density at radius 1 is 0.762 bits per heavy atom. The van der Waals surface area contributed by atoms with Gasteiger partial charge in [-0.25, -0.2) is 0 Å². The molecule has 21 heavy (non-hydrogen) atoms. The van der Waals surface area contributed by atoms with Gasteiger partial charge >= 0.3 is 0 Å². The van der Waals surface area contributed by atoms with Crippen LogP contribution >= 0.6 is 7.92 Å². The summed E-state index contributed by atoms with van der Waals surface area (Å²) in [6.45, 7) is 10.4. The van der Waals surface area contributed by atoms with Crippen LogP contribution in [0.2, 0.25) is 0 Å². The Kier molecular flexibility index (Phi) is 4.30. The van der Waals surface area contributed by atoms with Gasteiger partial charge in [0.25, 0.3) is 0 Å². The van der Waals surface area contributed by atoms with Crippen LogP contribution in [0.15, 0.2) is 36.4 Å². The summed E-state index contributed by atoms with van der Waals surface area (Å²) in [6, 6.07) is 11.6. The number of benzene rings is 2. The van der Waals surface area contributed by atoms with E-state index in [1.165, 1.54) is 0 Å². The van der Waals surface area contributed by atoms with Gasteiger partial charge in [0.2, 0.25) is 0 Å². The first kappa shape index (κ1) is 15.9. The van der Waals surface area contributed by atoms with Gasteiger partial charge in [-0.2, -0.15) is 0 Å². The zero-order valence-corrected chi connectivity index (χ0v) is 14.2. The van der Waals surface area contributed by atoms with E-state index in [-0.39, 0.29) is 5.16 Å². The highest BCUT2D eigenvalue weighted by Gasteiger charge is 2.31. The van der Waals surface area contributed by atoms with Crippen LogP contribution in [0.25, 0.3) is 0 Å². The third-order valence-corrected chi connectivity index (χ3v) is 6.48. The lowest BCUT2D eigenvalue weighted by molar-refractivity contribution is 0.478. The van der Waals surface area contributed by atoms with Crippen molar-refractivity contribution in [1.82, 2.24) is 0 Å². The summed E-state index contributed by atoms with van der Waals surface area (Å²) >= 11 is 0. The Morgan fingerprint density at radius 2 is 1.14 bits per heavy atom. The van der Waals surface area contributed by atoms with Gasteiger partial charge in [0.1, 0.15) is 11.5 Å². The molecule has 0 fully saturated rings. The molecule has 2 aromatic rings. The topological polar surface area (TPSA) is 40.5 Å². The van der Waals surface area contributed by atoms with Gasteiger partial charge in [0.15, 0.2) is 0 Å². The Balaban J connectivity index is 2.64. The predicted octanol–water partition coefficient (Wildman–Crippen LogP) is 3.95. The van der Waals surface area contributed by atoms with Gasteiger partial charge in [0.05, 0.1) is 0 Å². The second kappa shape index (κ2) is 5.69. The molecule has 0 spiro atoms. The minimum absolute atomic E-state index is 0.0607. The van der Waals surface area contributed by atoms with Gasteiger partial charge in [0, 0.05) is 10.6 Å². The van der Waals surface area contributed by atoms with Gasteiger partial charge in [-0.3, -0.25) is 0 Å². The monoisotopic (exact) mass is 302 g/mol. The summed E-state index contributed by atoms with van der Waals surface area (Å²) in [5.74, 6) is 0.632. The molecule has 3 heteroatoms. The molecule has 0 aliphatic rings. The third-order valence-electron chi connectivity index (χ3n) is 3.41. The van der Waals surface area contributed by atoms with Crippen LogP contribution in [0.5, 0.6) is 11.5 Å². The molecule has 0 bridgehead atoms. The van der Waals surface area contributed by atoms with Crippen LogP contribution < -0.4 is 10.6 Å². The van der Waals surface area contributed by atoms with Crippen LogP contribution in [0.1, 0.15) is 31.9 Å². The number of aryl methyl sites for hydroxylation is 2. The minimum Gasteiger partial charge on any atom is -0.507 e. The van der Waals surface area contributed by atoms with Crippen molar-refractivity contribution in [1.29, 1.82) is 0 Å². The zero-order chi connectivity index (χ0) is 15.8. The smallest absolute Gasteiger partial charge is 0.123 e. The Bertz CT molecular complexity index is 605. The summed E-state index contributed by atoms with van der Waals surface area (Å²) < 4.78 is 0. The Hall–Kier alpha value is -1.53. The molecule has 112 valence electrons. The van der Waals surface area contributed by atoms with E-state index in [1.54, 1.807) is 12.1 Å². The van der Waals surface area contributed by atoms with Crippen molar-refractivity contribution in [3.05, 3.63) is 47.5 Å². The minimum atomic E-state index is -0.858. The van der Waals surface area contributed by atoms with Gasteiger partial charge < -0.3 is 10.2 Å². The molecule has 0 aliphatic carbocycles. The van der Waals surface area contributed by atoms with E-state index < -0.39 is 7.92 Å². The summed E-state index contributed by atoms with van der Waals surface area (Å²) in [4.78, 5) is 0. The van der Waals surface area contributed by atoms with E-state index in [9.17, 15) is 10.2 Å². The normalized spacial score (nSPS) is 11.9. The lowest BCUT2D eigenvalue weighted by Crippen LogP contribution is -2.27. The maximum Gasteiger partial charge on any atom is 0.123 e. The maximum atomic E-state index is 10.4. The van der Waals surface area contributed by atoms with Gasteiger partial charge in [-0.15, -0.1) is 0 Å². The van der Waals surface area contributed by atoms with Crippen LogP contribution in [-0.2, 0) is 0 Å². The average molecular weight is 302 g/mol. The van der Waals surface area contributed by atoms with E-state index >= 15 is 0 Å². The Labute approximate surface area is 128 Å². The highest BCUT2D eigenvalue weighted by molar-refractivity contribution is 7.74. The lowest BCUT2D eigenvalue weighted by atomic mass is 10.2. The fourth-order valence-corrected chi connectivity index (χ4v) is 5.24. The maximum absolute atomic E-state index is 10.4. The quantitative estimate of drug-likeness (QED) is 0.825. The lowest BCUT2D eigenvalue weighted by Gasteiger charge is -2.33. The third kappa shape index (κ3) is 3.39. The van der Waals surface area contributed by atoms with Gasteiger partial charge in [-0.1, -0.05) is 45.0 Å². The van der Waals surface area contributed by atoms with E-state index in [2.05, 4.69) is 20.8 Å². The van der Waals surface area contributed by atoms with Crippen LogP contribution in [0.4, 0.5) is 0 Å². The van der Waals surface area contributed by atoms with E-state index in [0.29, 0.717) is 11.5 Å². The highest BCUT2D eigenvalue weighted by atomic mass is 31.1. The fourth-order valence-electron chi connectivity index (χ4n) is 2.50. The number of aromatic hydroxyl groups is 2. The number of phenolic OH excluding ortho intramolecular Hbond substituents is 2. The first-order valence-corrected chi connectivity index (χ1v) is 8.44. The fraction of sp³-hybridized carbons (Fsp3) is 0.333. The summed E-state index contributed by atoms with van der Waals surface area (Å²) in [7, 11) is -0.858. The predicted molar refractivity (Wildman–Crippen MR) is 91.6 cm³/mol. The first-order chi connectivity index (χ1) is 9.70. The van der Waals surface area contributed by atoms with E-state index in [0.717, 1.165) is 21.7 Å². The van der Waals surface area contributed by atoms with Crippen LogP contribution in [-0.4, -0.2) is 15.4 Å². The zero-order valence-electron chi connectivity index (χ0n) is 13.3. The second-order valence-corrected chi connectivity index (χ2v) is 9.47. The SMILES string of the molecule is Cc1ccc(P(c2ccc(C)cc2O)C(C)(C)C)c(O)c1. The molecule has 0 amide bonds. The van der Waals surface area contributed by atoms with Gasteiger partial charge in [-0.05, 0) is 50.2 Å².